The predicted molar refractivity (Wildman–Crippen MR) is 128 cm³/mol. The number of rotatable bonds is 6. The third kappa shape index (κ3) is 5.32. The average molecular weight is 452 g/mol. The third-order valence-electron chi connectivity index (χ3n) is 5.95. The van der Waals surface area contributed by atoms with Gasteiger partial charge in [-0.3, -0.25) is 14.6 Å². The van der Waals surface area contributed by atoms with Gasteiger partial charge in [-0.05, 0) is 62.3 Å². The maximum atomic E-state index is 12.5. The van der Waals surface area contributed by atoms with E-state index in [1.807, 2.05) is 50.2 Å². The van der Waals surface area contributed by atoms with Crippen LogP contribution >= 0.6 is 12.2 Å². The van der Waals surface area contributed by atoms with Gasteiger partial charge in [0.25, 0.3) is 4.84 Å². The van der Waals surface area contributed by atoms with E-state index in [4.69, 9.17) is 16.6 Å². The van der Waals surface area contributed by atoms with Crippen LogP contribution in [-0.2, 0) is 11.5 Å². The van der Waals surface area contributed by atoms with Gasteiger partial charge < -0.3 is 9.73 Å². The van der Waals surface area contributed by atoms with Crippen LogP contribution in [0.3, 0.4) is 0 Å². The van der Waals surface area contributed by atoms with E-state index in [0.29, 0.717) is 23.9 Å². The van der Waals surface area contributed by atoms with Gasteiger partial charge in [-0.25, -0.2) is 4.68 Å². The van der Waals surface area contributed by atoms with Gasteiger partial charge in [-0.15, -0.1) is 5.10 Å². The molecule has 1 aromatic heterocycles. The van der Waals surface area contributed by atoms with Crippen LogP contribution in [0.4, 0.5) is 5.69 Å². The lowest BCUT2D eigenvalue weighted by atomic mass is 10.1. The molecule has 1 saturated heterocycles. The normalized spacial score (nSPS) is 15.1. The van der Waals surface area contributed by atoms with E-state index in [-0.39, 0.29) is 5.91 Å². The highest BCUT2D eigenvalue weighted by molar-refractivity contribution is 7.71. The zero-order valence-corrected chi connectivity index (χ0v) is 19.6. The Morgan fingerprint density at radius 1 is 1.03 bits per heavy atom. The number of aryl methyl sites for hydroxylation is 2. The number of anilines is 1. The second kappa shape index (κ2) is 9.77. The monoisotopic (exact) mass is 451 g/mol. The molecule has 1 aliphatic rings. The molecule has 0 unspecified atom stereocenters. The van der Waals surface area contributed by atoms with Crippen molar-refractivity contribution in [2.24, 2.45) is 0 Å². The highest BCUT2D eigenvalue weighted by Crippen LogP contribution is 2.19. The van der Waals surface area contributed by atoms with Crippen molar-refractivity contribution in [3.05, 3.63) is 64.0 Å². The minimum absolute atomic E-state index is 0.0219. The van der Waals surface area contributed by atoms with E-state index < -0.39 is 0 Å². The summed E-state index contributed by atoms with van der Waals surface area (Å²) < 4.78 is 7.44. The van der Waals surface area contributed by atoms with Crippen LogP contribution < -0.4 is 5.32 Å². The third-order valence-corrected chi connectivity index (χ3v) is 6.24. The number of hydrogen-bond acceptors (Lipinski definition) is 6. The summed E-state index contributed by atoms with van der Waals surface area (Å²) in [5, 5.41) is 7.60. The van der Waals surface area contributed by atoms with Crippen LogP contribution in [0.2, 0.25) is 0 Å². The minimum atomic E-state index is 0.0219. The summed E-state index contributed by atoms with van der Waals surface area (Å²) in [4.78, 5) is 17.3. The van der Waals surface area contributed by atoms with E-state index in [1.54, 1.807) is 4.68 Å². The van der Waals surface area contributed by atoms with Gasteiger partial charge in [0.05, 0.1) is 13.2 Å². The van der Waals surface area contributed by atoms with Gasteiger partial charge in [0.1, 0.15) is 0 Å². The molecule has 7 nitrogen and oxygen atoms in total. The first kappa shape index (κ1) is 22.4. The number of piperazine rings is 1. The number of hydrogen-bond donors (Lipinski definition) is 1. The van der Waals surface area contributed by atoms with Gasteiger partial charge in [0, 0.05) is 37.4 Å². The van der Waals surface area contributed by atoms with E-state index in [1.165, 1.54) is 11.1 Å². The van der Waals surface area contributed by atoms with E-state index in [0.717, 1.165) is 43.0 Å². The number of nitrogens with zero attached hydrogens (tertiary/aromatic N) is 4. The molecule has 2 heterocycles. The molecule has 168 valence electrons. The molecule has 1 amide bonds. The SMILES string of the molecule is Cc1ccc(-c2nn(CN3CCN(CC(=O)Nc4cccc(C)c4C)CC3)c(=S)o2)cc1. The minimum Gasteiger partial charge on any atom is -0.409 e. The molecule has 1 aliphatic heterocycles. The lowest BCUT2D eigenvalue weighted by molar-refractivity contribution is -0.117. The second-order valence-corrected chi connectivity index (χ2v) is 8.72. The zero-order chi connectivity index (χ0) is 22.7. The van der Waals surface area contributed by atoms with Crippen molar-refractivity contribution in [2.75, 3.05) is 38.0 Å². The number of benzene rings is 2. The highest BCUT2D eigenvalue weighted by atomic mass is 32.1. The van der Waals surface area contributed by atoms with E-state index in [2.05, 4.69) is 33.2 Å². The largest absolute Gasteiger partial charge is 0.409 e. The lowest BCUT2D eigenvalue weighted by Crippen LogP contribution is -2.49. The van der Waals surface area contributed by atoms with Crippen LogP contribution in [0, 0.1) is 25.6 Å². The van der Waals surface area contributed by atoms with Crippen molar-refractivity contribution in [3.63, 3.8) is 0 Å². The Morgan fingerprint density at radius 3 is 2.44 bits per heavy atom. The van der Waals surface area contributed by atoms with Gasteiger partial charge in [0.2, 0.25) is 11.8 Å². The molecular formula is C24H29N5O2S. The number of nitrogens with one attached hydrogen (secondary N) is 1. The summed E-state index contributed by atoms with van der Waals surface area (Å²) in [5.41, 5.74) is 5.28. The van der Waals surface area contributed by atoms with Crippen molar-refractivity contribution < 1.29 is 9.21 Å². The Kier molecular flexibility index (Phi) is 6.83. The molecule has 32 heavy (non-hydrogen) atoms. The number of aromatic nitrogens is 2. The Bertz CT molecular complexity index is 1140. The molecule has 0 saturated carbocycles. The topological polar surface area (TPSA) is 66.5 Å². The quantitative estimate of drug-likeness (QED) is 0.571. The fourth-order valence-electron chi connectivity index (χ4n) is 3.77. The molecule has 3 aromatic rings. The lowest BCUT2D eigenvalue weighted by Gasteiger charge is -2.33. The number of amides is 1. The first-order chi connectivity index (χ1) is 15.4. The van der Waals surface area contributed by atoms with Gasteiger partial charge in [-0.2, -0.15) is 0 Å². The van der Waals surface area contributed by atoms with Crippen LogP contribution in [0.5, 0.6) is 0 Å². The van der Waals surface area contributed by atoms with Gasteiger partial charge in [-0.1, -0.05) is 29.8 Å². The van der Waals surface area contributed by atoms with Crippen LogP contribution in [0.1, 0.15) is 16.7 Å². The van der Waals surface area contributed by atoms with Crippen molar-refractivity contribution in [2.45, 2.75) is 27.4 Å². The fraction of sp³-hybridized carbons (Fsp3) is 0.375. The molecule has 0 atom stereocenters. The second-order valence-electron chi connectivity index (χ2n) is 8.37. The fourth-order valence-corrected chi connectivity index (χ4v) is 3.94. The number of carbonyl (C=O) groups is 1. The summed E-state index contributed by atoms with van der Waals surface area (Å²) >= 11 is 5.37. The Balaban J connectivity index is 1.29. The molecule has 2 aromatic carbocycles. The molecule has 0 aliphatic carbocycles. The Labute approximate surface area is 193 Å². The average Bonchev–Trinajstić information content (AvgIpc) is 3.13. The summed E-state index contributed by atoms with van der Waals surface area (Å²) in [7, 11) is 0. The highest BCUT2D eigenvalue weighted by Gasteiger charge is 2.20. The van der Waals surface area contributed by atoms with Crippen LogP contribution in [0.25, 0.3) is 11.5 Å². The maximum absolute atomic E-state index is 12.5. The van der Waals surface area contributed by atoms with Crippen molar-refractivity contribution in [1.82, 2.24) is 19.6 Å². The summed E-state index contributed by atoms with van der Waals surface area (Å²) in [6.07, 6.45) is 0. The molecule has 4 rings (SSSR count). The van der Waals surface area contributed by atoms with Crippen molar-refractivity contribution in [1.29, 1.82) is 0 Å². The molecule has 8 heteroatoms. The molecule has 0 radical (unpaired) electrons. The molecule has 1 fully saturated rings. The molecule has 0 spiro atoms. The van der Waals surface area contributed by atoms with Crippen LogP contribution in [0.15, 0.2) is 46.9 Å². The van der Waals surface area contributed by atoms with E-state index in [9.17, 15) is 4.79 Å². The maximum Gasteiger partial charge on any atom is 0.288 e. The Morgan fingerprint density at radius 2 is 1.72 bits per heavy atom. The van der Waals surface area contributed by atoms with Crippen molar-refractivity contribution in [3.8, 4) is 11.5 Å². The predicted octanol–water partition coefficient (Wildman–Crippen LogP) is 4.01. The Hall–Kier alpha value is -2.81. The zero-order valence-electron chi connectivity index (χ0n) is 18.8. The molecule has 0 bridgehead atoms. The first-order valence-corrected chi connectivity index (χ1v) is 11.3. The summed E-state index contributed by atoms with van der Waals surface area (Å²) in [6, 6.07) is 14.0. The standard InChI is InChI=1S/C24H29N5O2S/c1-17-7-9-20(10-8-17)23-26-29(24(32)31-23)16-28-13-11-27(12-14-28)15-22(30)25-21-6-4-5-18(2)19(21)3/h4-10H,11-16H2,1-3H3,(H,25,30). The van der Waals surface area contributed by atoms with Crippen LogP contribution in [-0.4, -0.2) is 58.2 Å². The summed E-state index contributed by atoms with van der Waals surface area (Å²) in [5.74, 6) is 0.561. The van der Waals surface area contributed by atoms with E-state index >= 15 is 0 Å². The summed E-state index contributed by atoms with van der Waals surface area (Å²) in [6.45, 7) is 10.4. The smallest absolute Gasteiger partial charge is 0.288 e. The first-order valence-electron chi connectivity index (χ1n) is 10.8. The molecule has 1 N–H and O–H groups in total. The van der Waals surface area contributed by atoms with Gasteiger partial charge >= 0.3 is 0 Å². The van der Waals surface area contributed by atoms with Gasteiger partial charge in [0.15, 0.2) is 0 Å². The van der Waals surface area contributed by atoms with Crippen molar-refractivity contribution >= 4 is 23.8 Å². The molecular weight excluding hydrogens is 422 g/mol. The number of carbonyl (C=O) groups excluding carboxylic acids is 1.